The molecule has 0 spiro atoms. The number of hydrogen-bond donors (Lipinski definition) is 1. The number of benzene rings is 1. The van der Waals surface area contributed by atoms with E-state index in [0.29, 0.717) is 17.8 Å². The number of rotatable bonds is 5. The largest absolute Gasteiger partial charge is 0.341 e. The minimum Gasteiger partial charge on any atom is -0.328 e. The molecule has 3 heterocycles. The number of aryl methyl sites for hydroxylation is 1. The highest BCUT2D eigenvalue weighted by Crippen LogP contribution is 2.38. The van der Waals surface area contributed by atoms with Gasteiger partial charge in [-0.3, -0.25) is 4.99 Å². The number of pyridine rings is 1. The SMILES string of the molecule is C=NCc1ccc(-c2csc(C3C(C)=NC(=O)NC3c3cccnc3F)n2)c(C)c1. The number of amides is 2. The number of urea groups is 1. The molecule has 1 aliphatic rings. The monoisotopic (exact) mass is 421 g/mol. The second kappa shape index (κ2) is 8.23. The normalized spacial score (nSPS) is 18.6. The van der Waals surface area contributed by atoms with E-state index in [1.165, 1.54) is 17.5 Å². The highest BCUT2D eigenvalue weighted by Gasteiger charge is 2.36. The van der Waals surface area contributed by atoms with Gasteiger partial charge in [-0.15, -0.1) is 11.3 Å². The number of nitrogens with zero attached hydrogens (tertiary/aromatic N) is 4. The van der Waals surface area contributed by atoms with Gasteiger partial charge < -0.3 is 5.32 Å². The molecule has 2 atom stereocenters. The number of thiazole rings is 1. The predicted molar refractivity (Wildman–Crippen MR) is 117 cm³/mol. The molecule has 3 aromatic rings. The molecule has 2 unspecified atom stereocenters. The van der Waals surface area contributed by atoms with E-state index >= 15 is 0 Å². The molecule has 1 aliphatic heterocycles. The molecular formula is C22H20FN5OS. The molecule has 4 rings (SSSR count). The lowest BCUT2D eigenvalue weighted by atomic mass is 9.89. The molecule has 0 fully saturated rings. The Bertz CT molecular complexity index is 1160. The molecule has 6 nitrogen and oxygen atoms in total. The first-order chi connectivity index (χ1) is 14.5. The molecule has 0 bridgehead atoms. The Kier molecular flexibility index (Phi) is 5.50. The Morgan fingerprint density at radius 2 is 2.13 bits per heavy atom. The van der Waals surface area contributed by atoms with Gasteiger partial charge in [0.2, 0.25) is 5.95 Å². The topological polar surface area (TPSA) is 79.6 Å². The zero-order valence-electron chi connectivity index (χ0n) is 16.6. The van der Waals surface area contributed by atoms with Crippen molar-refractivity contribution in [3.63, 3.8) is 0 Å². The highest BCUT2D eigenvalue weighted by molar-refractivity contribution is 7.10. The van der Waals surface area contributed by atoms with Crippen molar-refractivity contribution in [2.45, 2.75) is 32.4 Å². The fourth-order valence-corrected chi connectivity index (χ4v) is 4.74. The summed E-state index contributed by atoms with van der Waals surface area (Å²) in [6.45, 7) is 7.91. The number of halogens is 1. The maximum atomic E-state index is 14.4. The third kappa shape index (κ3) is 3.78. The summed E-state index contributed by atoms with van der Waals surface area (Å²) >= 11 is 1.47. The molecule has 8 heteroatoms. The van der Waals surface area contributed by atoms with Crippen molar-refractivity contribution < 1.29 is 9.18 Å². The maximum absolute atomic E-state index is 14.4. The lowest BCUT2D eigenvalue weighted by Gasteiger charge is -2.29. The van der Waals surface area contributed by atoms with Crippen LogP contribution in [0, 0.1) is 12.9 Å². The van der Waals surface area contributed by atoms with Gasteiger partial charge in [0.05, 0.1) is 24.2 Å². The van der Waals surface area contributed by atoms with E-state index in [-0.39, 0.29) is 5.92 Å². The van der Waals surface area contributed by atoms with Crippen molar-refractivity contribution in [1.29, 1.82) is 0 Å². The van der Waals surface area contributed by atoms with Gasteiger partial charge >= 0.3 is 6.03 Å². The standard InChI is InChI=1S/C22H20FN5OS/c1-12-9-14(10-24-3)6-7-15(12)17-11-30-21(27-17)18-13(2)26-22(29)28-19(18)16-5-4-8-25-20(16)23/h4-9,11,18-19H,3,10H2,1-2H3,(H,28,29). The van der Waals surface area contributed by atoms with Crippen LogP contribution in [0.3, 0.4) is 0 Å². The molecule has 1 N–H and O–H groups in total. The molecule has 0 saturated carbocycles. The van der Waals surface area contributed by atoms with E-state index in [2.05, 4.69) is 33.1 Å². The van der Waals surface area contributed by atoms with Crippen LogP contribution in [0.5, 0.6) is 0 Å². The van der Waals surface area contributed by atoms with Crippen LogP contribution in [0.4, 0.5) is 9.18 Å². The minimum absolute atomic E-state index is 0.319. The Morgan fingerprint density at radius 3 is 2.87 bits per heavy atom. The molecule has 0 aliphatic carbocycles. The van der Waals surface area contributed by atoms with Crippen LogP contribution in [0.1, 0.15) is 40.6 Å². The van der Waals surface area contributed by atoms with E-state index < -0.39 is 18.0 Å². The summed E-state index contributed by atoms with van der Waals surface area (Å²) in [6, 6.07) is 8.28. The smallest absolute Gasteiger partial charge is 0.328 e. The Morgan fingerprint density at radius 1 is 1.30 bits per heavy atom. The number of nitrogens with one attached hydrogen (secondary N) is 1. The number of aliphatic imine (C=N–C) groups is 2. The molecule has 1 aromatic carbocycles. The number of hydrogen-bond acceptors (Lipinski definition) is 5. The zero-order chi connectivity index (χ0) is 21.3. The number of aromatic nitrogens is 2. The predicted octanol–water partition coefficient (Wildman–Crippen LogP) is 4.86. The second-order valence-corrected chi connectivity index (χ2v) is 8.03. The van der Waals surface area contributed by atoms with Crippen LogP contribution >= 0.6 is 11.3 Å². The molecule has 0 saturated heterocycles. The summed E-state index contributed by atoms with van der Waals surface area (Å²) in [5.74, 6) is -0.980. The van der Waals surface area contributed by atoms with Crippen LogP contribution in [-0.2, 0) is 6.54 Å². The average Bonchev–Trinajstić information content (AvgIpc) is 3.17. The van der Waals surface area contributed by atoms with Gasteiger partial charge in [-0.05, 0) is 37.8 Å². The van der Waals surface area contributed by atoms with Gasteiger partial charge in [0.25, 0.3) is 0 Å². The van der Waals surface area contributed by atoms with Crippen molar-refractivity contribution >= 4 is 29.8 Å². The van der Waals surface area contributed by atoms with Crippen molar-refractivity contribution in [1.82, 2.24) is 15.3 Å². The van der Waals surface area contributed by atoms with Crippen molar-refractivity contribution in [3.05, 3.63) is 69.6 Å². The lowest BCUT2D eigenvalue weighted by Crippen LogP contribution is -2.39. The van der Waals surface area contributed by atoms with Crippen molar-refractivity contribution in [2.75, 3.05) is 0 Å². The minimum atomic E-state index is -0.621. The Labute approximate surface area is 177 Å². The van der Waals surface area contributed by atoms with Gasteiger partial charge in [-0.1, -0.05) is 24.3 Å². The van der Waals surface area contributed by atoms with E-state index in [9.17, 15) is 9.18 Å². The highest BCUT2D eigenvalue weighted by atomic mass is 32.1. The quantitative estimate of drug-likeness (QED) is 0.472. The summed E-state index contributed by atoms with van der Waals surface area (Å²) in [4.78, 5) is 28.6. The van der Waals surface area contributed by atoms with Crippen LogP contribution in [-0.4, -0.2) is 28.4 Å². The Balaban J connectivity index is 1.73. The lowest BCUT2D eigenvalue weighted by molar-refractivity contribution is 0.242. The van der Waals surface area contributed by atoms with E-state index in [1.807, 2.05) is 24.4 Å². The summed E-state index contributed by atoms with van der Waals surface area (Å²) < 4.78 is 14.4. The summed E-state index contributed by atoms with van der Waals surface area (Å²) in [5, 5.41) is 5.51. The number of carbonyl (C=O) groups is 1. The third-order valence-corrected chi connectivity index (χ3v) is 6.04. The third-order valence-electron chi connectivity index (χ3n) is 5.11. The van der Waals surface area contributed by atoms with E-state index in [1.54, 1.807) is 19.1 Å². The molecular weight excluding hydrogens is 401 g/mol. The summed E-state index contributed by atoms with van der Waals surface area (Å²) in [6.07, 6.45) is 1.38. The first-order valence-corrected chi connectivity index (χ1v) is 10.3. The van der Waals surface area contributed by atoms with Gasteiger partial charge in [0.1, 0.15) is 5.01 Å². The van der Waals surface area contributed by atoms with Gasteiger partial charge in [0.15, 0.2) is 0 Å². The molecule has 152 valence electrons. The van der Waals surface area contributed by atoms with E-state index in [0.717, 1.165) is 27.4 Å². The Hall–Kier alpha value is -3.26. The second-order valence-electron chi connectivity index (χ2n) is 7.14. The van der Waals surface area contributed by atoms with Crippen LogP contribution < -0.4 is 5.32 Å². The molecule has 30 heavy (non-hydrogen) atoms. The zero-order valence-corrected chi connectivity index (χ0v) is 17.4. The van der Waals surface area contributed by atoms with Crippen molar-refractivity contribution in [2.24, 2.45) is 9.98 Å². The average molecular weight is 422 g/mol. The van der Waals surface area contributed by atoms with Gasteiger partial charge in [-0.25, -0.2) is 19.8 Å². The van der Waals surface area contributed by atoms with Crippen molar-refractivity contribution in [3.8, 4) is 11.3 Å². The fourth-order valence-electron chi connectivity index (χ4n) is 3.72. The summed E-state index contributed by atoms with van der Waals surface area (Å²) in [7, 11) is 0. The van der Waals surface area contributed by atoms with Gasteiger partial charge in [0, 0.05) is 28.4 Å². The summed E-state index contributed by atoms with van der Waals surface area (Å²) in [5.41, 5.74) is 4.94. The van der Waals surface area contributed by atoms with E-state index in [4.69, 9.17) is 4.98 Å². The maximum Gasteiger partial charge on any atom is 0.341 e. The first kappa shape index (κ1) is 20.0. The van der Waals surface area contributed by atoms with Gasteiger partial charge in [-0.2, -0.15) is 4.39 Å². The number of carbonyl (C=O) groups excluding carboxylic acids is 1. The van der Waals surface area contributed by atoms with Crippen LogP contribution in [0.15, 0.2) is 51.9 Å². The van der Waals surface area contributed by atoms with Crippen LogP contribution in [0.25, 0.3) is 11.3 Å². The molecule has 0 radical (unpaired) electrons. The first-order valence-electron chi connectivity index (χ1n) is 9.42. The fraction of sp³-hybridized carbons (Fsp3) is 0.227. The molecule has 2 amide bonds. The van der Waals surface area contributed by atoms with Crippen LogP contribution in [0.2, 0.25) is 0 Å². The molecule has 2 aromatic heterocycles.